The van der Waals surface area contributed by atoms with Crippen molar-refractivity contribution < 1.29 is 24.2 Å². The summed E-state index contributed by atoms with van der Waals surface area (Å²) in [7, 11) is 0. The van der Waals surface area contributed by atoms with Gasteiger partial charge in [0.05, 0.1) is 24.6 Å². The molecule has 136 valence electrons. The number of likely N-dealkylation sites (tertiary alicyclic amines) is 1. The Labute approximate surface area is 150 Å². The number of hydrogen-bond donors (Lipinski definition) is 1. The highest BCUT2D eigenvalue weighted by Gasteiger charge is 2.47. The van der Waals surface area contributed by atoms with E-state index in [1.807, 2.05) is 6.07 Å². The molecular weight excluding hydrogens is 338 g/mol. The van der Waals surface area contributed by atoms with Gasteiger partial charge in [0.25, 0.3) is 0 Å². The summed E-state index contributed by atoms with van der Waals surface area (Å²) in [6.07, 6.45) is 0.635. The lowest BCUT2D eigenvalue weighted by atomic mass is 9.91. The average molecular weight is 357 g/mol. The van der Waals surface area contributed by atoms with E-state index >= 15 is 0 Å². The van der Waals surface area contributed by atoms with Crippen molar-refractivity contribution in [2.75, 3.05) is 26.2 Å². The molecule has 2 aliphatic heterocycles. The third-order valence-electron chi connectivity index (χ3n) is 4.83. The van der Waals surface area contributed by atoms with Crippen LogP contribution in [0.15, 0.2) is 24.3 Å². The molecule has 2 amide bonds. The van der Waals surface area contributed by atoms with Gasteiger partial charge in [-0.15, -0.1) is 0 Å². The van der Waals surface area contributed by atoms with Crippen LogP contribution in [0.3, 0.4) is 0 Å². The van der Waals surface area contributed by atoms with E-state index in [2.05, 4.69) is 0 Å². The van der Waals surface area contributed by atoms with Crippen molar-refractivity contribution in [1.82, 2.24) is 9.80 Å². The fourth-order valence-electron chi connectivity index (χ4n) is 3.39. The van der Waals surface area contributed by atoms with E-state index in [-0.39, 0.29) is 25.4 Å². The minimum atomic E-state index is -1.07. The molecule has 0 unspecified atom stereocenters. The topological polar surface area (TPSA) is 111 Å². The zero-order valence-corrected chi connectivity index (χ0v) is 14.2. The SMILES string of the molecule is N#Cc1ccc(CC(=O)N2CCC3(CC2)CN(CC(=O)O)C(=O)O3)cc1. The number of benzene rings is 1. The second kappa shape index (κ2) is 7.04. The minimum Gasteiger partial charge on any atom is -0.480 e. The fraction of sp³-hybridized carbons (Fsp3) is 0.444. The van der Waals surface area contributed by atoms with E-state index in [0.717, 1.165) is 5.56 Å². The summed E-state index contributed by atoms with van der Waals surface area (Å²) < 4.78 is 5.43. The number of hydrogen-bond acceptors (Lipinski definition) is 5. The number of amides is 2. The van der Waals surface area contributed by atoms with Gasteiger partial charge < -0.3 is 14.7 Å². The van der Waals surface area contributed by atoms with Crippen LogP contribution in [0, 0.1) is 11.3 Å². The summed E-state index contributed by atoms with van der Waals surface area (Å²) in [5, 5.41) is 17.7. The highest BCUT2D eigenvalue weighted by atomic mass is 16.6. The molecule has 1 spiro atoms. The van der Waals surface area contributed by atoms with E-state index in [4.69, 9.17) is 15.1 Å². The van der Waals surface area contributed by atoms with Gasteiger partial charge in [-0.2, -0.15) is 5.26 Å². The molecule has 8 heteroatoms. The van der Waals surface area contributed by atoms with Gasteiger partial charge in [-0.3, -0.25) is 14.5 Å². The Bertz CT molecular complexity index is 760. The van der Waals surface area contributed by atoms with E-state index in [1.165, 1.54) is 4.90 Å². The maximum absolute atomic E-state index is 12.5. The standard InChI is InChI=1S/C18H19N3O5/c19-10-14-3-1-13(2-4-14)9-15(22)20-7-5-18(6-8-20)12-21(11-16(23)24)17(25)26-18/h1-4H,5-9,11-12H2,(H,23,24). The molecule has 0 aliphatic carbocycles. The van der Waals surface area contributed by atoms with Crippen molar-refractivity contribution in [3.63, 3.8) is 0 Å². The second-order valence-electron chi connectivity index (χ2n) is 6.67. The molecule has 0 radical (unpaired) electrons. The molecule has 2 saturated heterocycles. The fourth-order valence-corrected chi connectivity index (χ4v) is 3.39. The summed E-state index contributed by atoms with van der Waals surface area (Å²) in [4.78, 5) is 38.0. The van der Waals surface area contributed by atoms with Crippen molar-refractivity contribution in [2.24, 2.45) is 0 Å². The smallest absolute Gasteiger partial charge is 0.411 e. The zero-order chi connectivity index (χ0) is 18.7. The van der Waals surface area contributed by atoms with Crippen molar-refractivity contribution in [3.8, 4) is 6.07 Å². The number of nitriles is 1. The van der Waals surface area contributed by atoms with Gasteiger partial charge in [0.15, 0.2) is 0 Å². The number of carboxylic acid groups (broad SMARTS) is 1. The Morgan fingerprint density at radius 1 is 1.23 bits per heavy atom. The van der Waals surface area contributed by atoms with Gasteiger partial charge in [-0.05, 0) is 17.7 Å². The van der Waals surface area contributed by atoms with E-state index in [1.54, 1.807) is 29.2 Å². The number of aliphatic carboxylic acids is 1. The summed E-state index contributed by atoms with van der Waals surface area (Å²) in [5.41, 5.74) is 0.696. The number of carbonyl (C=O) groups excluding carboxylic acids is 2. The molecule has 0 saturated carbocycles. The molecule has 2 fully saturated rings. The predicted octanol–water partition coefficient (Wildman–Crippen LogP) is 0.999. The first-order chi connectivity index (χ1) is 12.4. The first-order valence-corrected chi connectivity index (χ1v) is 8.37. The predicted molar refractivity (Wildman–Crippen MR) is 89.1 cm³/mol. The van der Waals surface area contributed by atoms with Crippen LogP contribution in [0.5, 0.6) is 0 Å². The Morgan fingerprint density at radius 2 is 1.88 bits per heavy atom. The number of rotatable bonds is 4. The maximum atomic E-state index is 12.5. The zero-order valence-electron chi connectivity index (χ0n) is 14.2. The average Bonchev–Trinajstić information content (AvgIpc) is 2.90. The van der Waals surface area contributed by atoms with E-state index in [9.17, 15) is 14.4 Å². The van der Waals surface area contributed by atoms with Gasteiger partial charge in [-0.1, -0.05) is 12.1 Å². The molecule has 1 aromatic rings. The third-order valence-corrected chi connectivity index (χ3v) is 4.83. The first kappa shape index (κ1) is 17.7. The van der Waals surface area contributed by atoms with E-state index < -0.39 is 17.7 Å². The Hall–Kier alpha value is -3.08. The molecule has 2 aliphatic rings. The number of ether oxygens (including phenoxy) is 1. The number of carboxylic acids is 1. The molecule has 0 atom stereocenters. The van der Waals surface area contributed by atoms with Crippen LogP contribution >= 0.6 is 0 Å². The van der Waals surface area contributed by atoms with Crippen LogP contribution in [0.1, 0.15) is 24.0 Å². The van der Waals surface area contributed by atoms with Gasteiger partial charge >= 0.3 is 12.1 Å². The normalized spacial score (nSPS) is 18.5. The lowest BCUT2D eigenvalue weighted by Gasteiger charge is -2.37. The molecular formula is C18H19N3O5. The van der Waals surface area contributed by atoms with E-state index in [0.29, 0.717) is 31.5 Å². The van der Waals surface area contributed by atoms with Crippen LogP contribution in [0.2, 0.25) is 0 Å². The molecule has 2 heterocycles. The van der Waals surface area contributed by atoms with Crippen molar-refractivity contribution in [2.45, 2.75) is 24.9 Å². The summed E-state index contributed by atoms with van der Waals surface area (Å²) in [6, 6.07) is 8.94. The van der Waals surface area contributed by atoms with Gasteiger partial charge in [0.1, 0.15) is 12.1 Å². The Kier molecular flexibility index (Phi) is 4.80. The molecule has 0 aromatic heterocycles. The van der Waals surface area contributed by atoms with Gasteiger partial charge in [0.2, 0.25) is 5.91 Å². The summed E-state index contributed by atoms with van der Waals surface area (Å²) in [6.45, 7) is 0.796. The van der Waals surface area contributed by atoms with Crippen LogP contribution in [0.4, 0.5) is 4.79 Å². The highest BCUT2D eigenvalue weighted by Crippen LogP contribution is 2.33. The third kappa shape index (κ3) is 3.77. The van der Waals surface area contributed by atoms with Crippen LogP contribution in [-0.4, -0.2) is 64.7 Å². The summed E-state index contributed by atoms with van der Waals surface area (Å²) in [5.74, 6) is -1.09. The van der Waals surface area contributed by atoms with Crippen LogP contribution in [0.25, 0.3) is 0 Å². The van der Waals surface area contributed by atoms with Crippen molar-refractivity contribution >= 4 is 18.0 Å². The van der Waals surface area contributed by atoms with Gasteiger partial charge in [-0.25, -0.2) is 4.79 Å². The Morgan fingerprint density at radius 3 is 2.46 bits per heavy atom. The van der Waals surface area contributed by atoms with Crippen LogP contribution in [-0.2, 0) is 20.7 Å². The summed E-state index contributed by atoms with van der Waals surface area (Å²) >= 11 is 0. The second-order valence-corrected chi connectivity index (χ2v) is 6.67. The van der Waals surface area contributed by atoms with Gasteiger partial charge in [0, 0.05) is 25.9 Å². The van der Waals surface area contributed by atoms with Crippen molar-refractivity contribution in [3.05, 3.63) is 35.4 Å². The monoisotopic (exact) mass is 357 g/mol. The van der Waals surface area contributed by atoms with Crippen molar-refractivity contribution in [1.29, 1.82) is 5.26 Å². The molecule has 8 nitrogen and oxygen atoms in total. The maximum Gasteiger partial charge on any atom is 0.411 e. The number of carbonyl (C=O) groups is 3. The molecule has 1 N–H and O–H groups in total. The lowest BCUT2D eigenvalue weighted by Crippen LogP contribution is -2.49. The Balaban J connectivity index is 1.54. The number of piperidine rings is 1. The molecule has 3 rings (SSSR count). The minimum absolute atomic E-state index is 0.0173. The highest BCUT2D eigenvalue weighted by molar-refractivity contribution is 5.80. The molecule has 1 aromatic carbocycles. The molecule has 0 bridgehead atoms. The largest absolute Gasteiger partial charge is 0.480 e. The molecule has 26 heavy (non-hydrogen) atoms. The number of nitrogens with zero attached hydrogens (tertiary/aromatic N) is 3. The first-order valence-electron chi connectivity index (χ1n) is 8.37. The van der Waals surface area contributed by atoms with Crippen LogP contribution < -0.4 is 0 Å². The lowest BCUT2D eigenvalue weighted by molar-refractivity contribution is -0.137. The quantitative estimate of drug-likeness (QED) is 0.860.